The van der Waals surface area contributed by atoms with Gasteiger partial charge in [-0.1, -0.05) is 12.8 Å². The molecule has 3 heterocycles. The van der Waals surface area contributed by atoms with E-state index in [0.717, 1.165) is 12.8 Å². The van der Waals surface area contributed by atoms with Crippen molar-refractivity contribution in [1.29, 1.82) is 0 Å². The van der Waals surface area contributed by atoms with Crippen molar-refractivity contribution in [1.82, 2.24) is 29.7 Å². The molecule has 34 heavy (non-hydrogen) atoms. The summed E-state index contributed by atoms with van der Waals surface area (Å²) in [5, 5.41) is 21.2. The number of nitrogens with one attached hydrogen (secondary N) is 1. The molecule has 0 radical (unpaired) electrons. The van der Waals surface area contributed by atoms with Crippen LogP contribution in [0.2, 0.25) is 0 Å². The number of hydrogen-bond donors (Lipinski definition) is 2. The van der Waals surface area contributed by atoms with Gasteiger partial charge in [-0.15, -0.1) is 0 Å². The van der Waals surface area contributed by atoms with Crippen LogP contribution in [0.25, 0.3) is 16.8 Å². The summed E-state index contributed by atoms with van der Waals surface area (Å²) in [4.78, 5) is 17.2. The number of carbonyl (C=O) groups is 1. The number of nitrogens with zero attached hydrogens (tertiary/aromatic N) is 5. The molecule has 0 aliphatic heterocycles. The summed E-state index contributed by atoms with van der Waals surface area (Å²) >= 11 is 0. The van der Waals surface area contributed by atoms with E-state index < -0.39 is 23.6 Å². The Morgan fingerprint density at radius 1 is 1.12 bits per heavy atom. The van der Waals surface area contributed by atoms with E-state index in [4.69, 9.17) is 0 Å². The van der Waals surface area contributed by atoms with Gasteiger partial charge in [0.15, 0.2) is 5.65 Å². The Labute approximate surface area is 194 Å². The summed E-state index contributed by atoms with van der Waals surface area (Å²) in [6.07, 6.45) is 8.64. The standard InChI is InChI=1S/C24H24F2N6O2/c1-31-12-16(10-28-31)15-8-19(25)17(20(26)9-15)6-14-7-18(23-27-13-29-32(23)11-14)24(34)30-21-4-2-3-5-22(21)33/h7-13,21-22,33H,2-6H2,1H3,(H,30,34)/t21-,22-/m0/s1. The van der Waals surface area contributed by atoms with Crippen molar-refractivity contribution in [2.24, 2.45) is 7.05 Å². The number of benzene rings is 1. The van der Waals surface area contributed by atoms with Gasteiger partial charge in [0.1, 0.15) is 18.0 Å². The van der Waals surface area contributed by atoms with Crippen LogP contribution in [-0.4, -0.2) is 47.5 Å². The molecule has 5 rings (SSSR count). The maximum Gasteiger partial charge on any atom is 0.255 e. The highest BCUT2D eigenvalue weighted by atomic mass is 19.1. The maximum absolute atomic E-state index is 14.9. The molecule has 0 saturated heterocycles. The highest BCUT2D eigenvalue weighted by molar-refractivity contribution is 6.00. The average molecular weight is 466 g/mol. The Hall–Kier alpha value is -3.66. The van der Waals surface area contributed by atoms with Crippen LogP contribution in [0, 0.1) is 11.6 Å². The fraction of sp³-hybridized carbons (Fsp3) is 0.333. The minimum absolute atomic E-state index is 0.0763. The lowest BCUT2D eigenvalue weighted by Crippen LogP contribution is -2.45. The van der Waals surface area contributed by atoms with Crippen molar-refractivity contribution in [3.63, 3.8) is 0 Å². The molecule has 0 spiro atoms. The van der Waals surface area contributed by atoms with Crippen molar-refractivity contribution >= 4 is 11.6 Å². The molecule has 2 N–H and O–H groups in total. The Morgan fingerprint density at radius 3 is 2.59 bits per heavy atom. The van der Waals surface area contributed by atoms with Crippen LogP contribution in [0.3, 0.4) is 0 Å². The third-order valence-electron chi connectivity index (χ3n) is 6.28. The van der Waals surface area contributed by atoms with Crippen LogP contribution in [0.4, 0.5) is 8.78 Å². The summed E-state index contributed by atoms with van der Waals surface area (Å²) in [6.45, 7) is 0. The minimum atomic E-state index is -0.686. The van der Waals surface area contributed by atoms with Gasteiger partial charge in [0.05, 0.1) is 23.9 Å². The number of rotatable bonds is 5. The molecule has 0 unspecified atom stereocenters. The lowest BCUT2D eigenvalue weighted by atomic mass is 9.92. The molecule has 3 aromatic heterocycles. The Morgan fingerprint density at radius 2 is 1.88 bits per heavy atom. The molecule has 2 atom stereocenters. The van der Waals surface area contributed by atoms with Crippen LogP contribution in [0.15, 0.2) is 43.1 Å². The molecule has 8 nitrogen and oxygen atoms in total. The van der Waals surface area contributed by atoms with Gasteiger partial charge in [0.2, 0.25) is 0 Å². The molecule has 1 aliphatic rings. The smallest absolute Gasteiger partial charge is 0.255 e. The van der Waals surface area contributed by atoms with Gasteiger partial charge >= 0.3 is 0 Å². The highest BCUT2D eigenvalue weighted by Gasteiger charge is 2.26. The van der Waals surface area contributed by atoms with Gasteiger partial charge in [-0.3, -0.25) is 9.48 Å². The Balaban J connectivity index is 1.45. The van der Waals surface area contributed by atoms with Crippen LogP contribution < -0.4 is 5.32 Å². The maximum atomic E-state index is 14.9. The molecule has 1 aromatic carbocycles. The summed E-state index contributed by atoms with van der Waals surface area (Å²) in [7, 11) is 1.73. The van der Waals surface area contributed by atoms with E-state index in [1.807, 2.05) is 0 Å². The lowest BCUT2D eigenvalue weighted by Gasteiger charge is -2.28. The predicted molar refractivity (Wildman–Crippen MR) is 120 cm³/mol. The Bertz CT molecular complexity index is 1340. The first-order valence-electron chi connectivity index (χ1n) is 11.2. The van der Waals surface area contributed by atoms with E-state index in [0.29, 0.717) is 35.2 Å². The number of carbonyl (C=O) groups excluding carboxylic acids is 1. The Kier molecular flexibility index (Phi) is 5.82. The van der Waals surface area contributed by atoms with Crippen molar-refractivity contribution in [3.8, 4) is 11.1 Å². The topological polar surface area (TPSA) is 97.3 Å². The van der Waals surface area contributed by atoms with Gasteiger partial charge < -0.3 is 10.4 Å². The van der Waals surface area contributed by atoms with Crippen molar-refractivity contribution < 1.29 is 18.7 Å². The highest BCUT2D eigenvalue weighted by Crippen LogP contribution is 2.26. The average Bonchev–Trinajstić information content (AvgIpc) is 3.46. The van der Waals surface area contributed by atoms with E-state index in [-0.39, 0.29) is 23.6 Å². The first kappa shape index (κ1) is 22.1. The second-order valence-corrected chi connectivity index (χ2v) is 8.72. The molecule has 1 aliphatic carbocycles. The number of aryl methyl sites for hydroxylation is 1. The number of halogens is 2. The number of aliphatic hydroxyl groups is 1. The van der Waals surface area contributed by atoms with E-state index in [1.165, 1.54) is 23.0 Å². The first-order valence-corrected chi connectivity index (χ1v) is 11.2. The largest absolute Gasteiger partial charge is 0.391 e. The lowest BCUT2D eigenvalue weighted by molar-refractivity contribution is 0.0718. The number of hydrogen-bond acceptors (Lipinski definition) is 5. The van der Waals surface area contributed by atoms with Crippen LogP contribution in [0.1, 0.15) is 47.2 Å². The minimum Gasteiger partial charge on any atom is -0.391 e. The first-order chi connectivity index (χ1) is 16.4. The number of aliphatic hydroxyl groups excluding tert-OH is 1. The molecule has 0 bridgehead atoms. The van der Waals surface area contributed by atoms with Crippen LogP contribution in [0.5, 0.6) is 0 Å². The van der Waals surface area contributed by atoms with E-state index in [1.54, 1.807) is 36.4 Å². The SMILES string of the molecule is Cn1cc(-c2cc(F)c(Cc3cc(C(=O)N[C@H]4CCCC[C@@H]4O)c4ncnn4c3)c(F)c2)cn1. The van der Waals surface area contributed by atoms with Gasteiger partial charge in [-0.05, 0) is 42.2 Å². The van der Waals surface area contributed by atoms with Gasteiger partial charge in [0, 0.05) is 37.0 Å². The van der Waals surface area contributed by atoms with E-state index in [2.05, 4.69) is 20.5 Å². The normalized spacial score (nSPS) is 18.4. The summed E-state index contributed by atoms with van der Waals surface area (Å²) in [5.74, 6) is -1.78. The number of aromatic nitrogens is 5. The molecule has 1 saturated carbocycles. The van der Waals surface area contributed by atoms with Gasteiger partial charge in [0.25, 0.3) is 5.91 Å². The second-order valence-electron chi connectivity index (χ2n) is 8.72. The van der Waals surface area contributed by atoms with E-state index in [9.17, 15) is 18.7 Å². The number of pyridine rings is 1. The summed E-state index contributed by atoms with van der Waals surface area (Å²) in [6, 6.07) is 3.79. The van der Waals surface area contributed by atoms with Gasteiger partial charge in [-0.2, -0.15) is 10.2 Å². The molecule has 1 amide bonds. The molecular formula is C24H24F2N6O2. The fourth-order valence-corrected chi connectivity index (χ4v) is 4.48. The van der Waals surface area contributed by atoms with Crippen molar-refractivity contribution in [2.75, 3.05) is 0 Å². The zero-order valence-electron chi connectivity index (χ0n) is 18.6. The fourth-order valence-electron chi connectivity index (χ4n) is 4.48. The summed E-state index contributed by atoms with van der Waals surface area (Å²) < 4.78 is 32.9. The molecular weight excluding hydrogens is 442 g/mol. The van der Waals surface area contributed by atoms with Crippen LogP contribution >= 0.6 is 0 Å². The number of amides is 1. The predicted octanol–water partition coefficient (Wildman–Crippen LogP) is 3.03. The molecule has 10 heteroatoms. The van der Waals surface area contributed by atoms with E-state index >= 15 is 0 Å². The zero-order valence-corrected chi connectivity index (χ0v) is 18.6. The monoisotopic (exact) mass is 466 g/mol. The van der Waals surface area contributed by atoms with Crippen molar-refractivity contribution in [3.05, 3.63) is 71.4 Å². The quantitative estimate of drug-likeness (QED) is 0.471. The molecule has 1 fully saturated rings. The molecule has 4 aromatic rings. The second kappa shape index (κ2) is 8.94. The number of fused-ring (bicyclic) bond motifs is 1. The molecule has 176 valence electrons. The third-order valence-corrected chi connectivity index (χ3v) is 6.28. The third kappa shape index (κ3) is 4.28. The zero-order chi connectivity index (χ0) is 23.8. The van der Waals surface area contributed by atoms with Crippen molar-refractivity contribution in [2.45, 2.75) is 44.2 Å². The van der Waals surface area contributed by atoms with Crippen LogP contribution in [-0.2, 0) is 13.5 Å². The summed E-state index contributed by atoms with van der Waals surface area (Å²) in [5.41, 5.74) is 1.96. The van der Waals surface area contributed by atoms with Gasteiger partial charge in [-0.25, -0.2) is 18.3 Å².